The molecule has 176 valence electrons. The summed E-state index contributed by atoms with van der Waals surface area (Å²) in [6.07, 6.45) is -0.278. The van der Waals surface area contributed by atoms with Crippen molar-refractivity contribution in [3.05, 3.63) is 81.8 Å². The van der Waals surface area contributed by atoms with Gasteiger partial charge in [-0.1, -0.05) is 40.9 Å². The van der Waals surface area contributed by atoms with Crippen LogP contribution in [-0.2, 0) is 19.1 Å². The van der Waals surface area contributed by atoms with Crippen LogP contribution in [0.2, 0.25) is 15.1 Å². The summed E-state index contributed by atoms with van der Waals surface area (Å²) in [6.45, 7) is -0.466. The summed E-state index contributed by atoms with van der Waals surface area (Å²) in [5.41, 5.74) is 1.01. The van der Waals surface area contributed by atoms with E-state index in [1.54, 1.807) is 66.7 Å². The molecule has 0 unspecified atom stereocenters. The Morgan fingerprint density at radius 3 is 2.15 bits per heavy atom. The van der Waals surface area contributed by atoms with Crippen LogP contribution in [-0.4, -0.2) is 24.4 Å². The Morgan fingerprint density at radius 2 is 1.44 bits per heavy atom. The molecule has 0 heterocycles. The van der Waals surface area contributed by atoms with E-state index in [0.29, 0.717) is 37.9 Å². The lowest BCUT2D eigenvalue weighted by Crippen LogP contribution is -2.21. The van der Waals surface area contributed by atoms with Crippen LogP contribution in [0, 0.1) is 0 Å². The molecule has 2 N–H and O–H groups in total. The van der Waals surface area contributed by atoms with Gasteiger partial charge in [0.1, 0.15) is 11.5 Å². The summed E-state index contributed by atoms with van der Waals surface area (Å²) in [5, 5.41) is 6.57. The van der Waals surface area contributed by atoms with Crippen LogP contribution in [0.25, 0.3) is 0 Å². The molecule has 0 spiro atoms. The number of halogens is 3. The molecule has 0 aliphatic rings. The van der Waals surface area contributed by atoms with Crippen molar-refractivity contribution in [3.63, 3.8) is 0 Å². The lowest BCUT2D eigenvalue weighted by Gasteiger charge is -2.10. The highest BCUT2D eigenvalue weighted by Gasteiger charge is 2.11. The quantitative estimate of drug-likeness (QED) is 0.321. The van der Waals surface area contributed by atoms with Gasteiger partial charge in [-0.2, -0.15) is 0 Å². The molecule has 7 nitrogen and oxygen atoms in total. The second kappa shape index (κ2) is 12.3. The number of rotatable bonds is 9. The fourth-order valence-electron chi connectivity index (χ4n) is 2.71. The Morgan fingerprint density at radius 1 is 0.735 bits per heavy atom. The van der Waals surface area contributed by atoms with Gasteiger partial charge in [0.2, 0.25) is 5.91 Å². The lowest BCUT2D eigenvalue weighted by atomic mass is 10.2. The van der Waals surface area contributed by atoms with E-state index in [4.69, 9.17) is 44.3 Å². The van der Waals surface area contributed by atoms with Gasteiger partial charge in [0.25, 0.3) is 5.91 Å². The van der Waals surface area contributed by atoms with Gasteiger partial charge in [-0.25, -0.2) is 0 Å². The Balaban J connectivity index is 1.38. The smallest absolute Gasteiger partial charge is 0.306 e. The highest BCUT2D eigenvalue weighted by molar-refractivity contribution is 6.35. The molecule has 34 heavy (non-hydrogen) atoms. The van der Waals surface area contributed by atoms with Crippen LogP contribution >= 0.6 is 34.8 Å². The maximum absolute atomic E-state index is 12.1. The minimum Gasteiger partial charge on any atom is -0.456 e. The number of hydrogen-bond acceptors (Lipinski definition) is 5. The van der Waals surface area contributed by atoms with Crippen LogP contribution < -0.4 is 15.4 Å². The SMILES string of the molecule is O=C(CCC(=O)OCC(=O)Nc1cccc(Cl)c1)Nc1ccc(Oc2ccc(Cl)cc2Cl)cc1. The maximum Gasteiger partial charge on any atom is 0.306 e. The van der Waals surface area contributed by atoms with Gasteiger partial charge < -0.3 is 20.1 Å². The summed E-state index contributed by atoms with van der Waals surface area (Å²) in [5.74, 6) is -0.596. The van der Waals surface area contributed by atoms with E-state index in [-0.39, 0.29) is 18.7 Å². The van der Waals surface area contributed by atoms with Crippen LogP contribution in [0.1, 0.15) is 12.8 Å². The number of amides is 2. The Hall–Kier alpha value is -3.26. The number of hydrogen-bond donors (Lipinski definition) is 2. The summed E-state index contributed by atoms with van der Waals surface area (Å²) in [6, 6.07) is 18.1. The highest BCUT2D eigenvalue weighted by atomic mass is 35.5. The standard InChI is InChI=1S/C24H19Cl3N2O5/c25-15-2-1-3-18(12-15)29-23(31)14-33-24(32)11-10-22(30)28-17-5-7-19(8-6-17)34-21-9-4-16(26)13-20(21)27/h1-9,12-13H,10-11,14H2,(H,28,30)(H,29,31). The first kappa shape index (κ1) is 25.4. The van der Waals surface area contributed by atoms with E-state index < -0.39 is 18.5 Å². The average molecular weight is 522 g/mol. The van der Waals surface area contributed by atoms with E-state index >= 15 is 0 Å². The van der Waals surface area contributed by atoms with Crippen molar-refractivity contribution in [2.45, 2.75) is 12.8 Å². The van der Waals surface area contributed by atoms with E-state index in [1.165, 1.54) is 0 Å². The van der Waals surface area contributed by atoms with E-state index in [9.17, 15) is 14.4 Å². The summed E-state index contributed by atoms with van der Waals surface area (Å²) < 4.78 is 10.6. The van der Waals surface area contributed by atoms with Gasteiger partial charge in [-0.3, -0.25) is 14.4 Å². The predicted octanol–water partition coefficient (Wildman–Crippen LogP) is 6.34. The number of nitrogens with one attached hydrogen (secondary N) is 2. The van der Waals surface area contributed by atoms with Gasteiger partial charge in [-0.05, 0) is 60.7 Å². The van der Waals surface area contributed by atoms with E-state index in [0.717, 1.165) is 0 Å². The zero-order valence-corrected chi connectivity index (χ0v) is 19.9. The molecule has 0 aliphatic carbocycles. The molecule has 2 amide bonds. The van der Waals surface area contributed by atoms with Crippen LogP contribution in [0.15, 0.2) is 66.7 Å². The van der Waals surface area contributed by atoms with Crippen molar-refractivity contribution in [1.82, 2.24) is 0 Å². The van der Waals surface area contributed by atoms with E-state index in [2.05, 4.69) is 10.6 Å². The molecule has 3 aromatic rings. The first-order valence-electron chi connectivity index (χ1n) is 10.0. The first-order chi connectivity index (χ1) is 16.3. The maximum atomic E-state index is 12.1. The van der Waals surface area contributed by atoms with Crippen LogP contribution in [0.4, 0.5) is 11.4 Å². The minimum atomic E-state index is -0.667. The molecule has 0 saturated heterocycles. The fraction of sp³-hybridized carbons (Fsp3) is 0.125. The molecule has 0 bridgehead atoms. The molecule has 3 aromatic carbocycles. The predicted molar refractivity (Wildman–Crippen MR) is 132 cm³/mol. The number of esters is 1. The molecule has 0 saturated carbocycles. The number of ether oxygens (including phenoxy) is 2. The minimum absolute atomic E-state index is 0.104. The molecule has 0 atom stereocenters. The number of carbonyl (C=O) groups excluding carboxylic acids is 3. The molecule has 0 fully saturated rings. The van der Waals surface area contributed by atoms with E-state index in [1.807, 2.05) is 0 Å². The zero-order valence-electron chi connectivity index (χ0n) is 17.6. The van der Waals surface area contributed by atoms with Crippen molar-refractivity contribution >= 4 is 64.0 Å². The summed E-state index contributed by atoms with van der Waals surface area (Å²) in [4.78, 5) is 35.8. The molecule has 0 aliphatic heterocycles. The zero-order chi connectivity index (χ0) is 24.5. The van der Waals surface area contributed by atoms with Crippen molar-refractivity contribution < 1.29 is 23.9 Å². The van der Waals surface area contributed by atoms with Gasteiger partial charge >= 0.3 is 5.97 Å². The third-order valence-corrected chi connectivity index (χ3v) is 5.05. The van der Waals surface area contributed by atoms with Gasteiger partial charge in [0.15, 0.2) is 6.61 Å². The molecule has 10 heteroatoms. The molecule has 3 rings (SSSR count). The van der Waals surface area contributed by atoms with Crippen molar-refractivity contribution in [2.75, 3.05) is 17.2 Å². The van der Waals surface area contributed by atoms with Gasteiger partial charge in [0.05, 0.1) is 11.4 Å². The fourth-order valence-corrected chi connectivity index (χ4v) is 3.35. The molecule has 0 aromatic heterocycles. The lowest BCUT2D eigenvalue weighted by molar-refractivity contribution is -0.147. The normalized spacial score (nSPS) is 10.3. The summed E-state index contributed by atoms with van der Waals surface area (Å²) >= 11 is 17.8. The Kier molecular flexibility index (Phi) is 9.16. The van der Waals surface area contributed by atoms with Gasteiger partial charge in [0, 0.05) is 27.8 Å². The number of anilines is 2. The molecule has 0 radical (unpaired) electrons. The van der Waals surface area contributed by atoms with Crippen molar-refractivity contribution in [1.29, 1.82) is 0 Å². The average Bonchev–Trinajstić information content (AvgIpc) is 2.79. The second-order valence-electron chi connectivity index (χ2n) is 6.97. The van der Waals surface area contributed by atoms with Crippen molar-refractivity contribution in [3.8, 4) is 11.5 Å². The Bertz CT molecular complexity index is 1190. The number of carbonyl (C=O) groups is 3. The van der Waals surface area contributed by atoms with Crippen molar-refractivity contribution in [2.24, 2.45) is 0 Å². The van der Waals surface area contributed by atoms with Gasteiger partial charge in [-0.15, -0.1) is 0 Å². The number of benzene rings is 3. The third-order valence-electron chi connectivity index (χ3n) is 4.29. The third kappa shape index (κ3) is 8.26. The Labute approximate surface area is 210 Å². The topological polar surface area (TPSA) is 93.7 Å². The summed E-state index contributed by atoms with van der Waals surface area (Å²) in [7, 11) is 0. The second-order valence-corrected chi connectivity index (χ2v) is 8.25. The largest absolute Gasteiger partial charge is 0.456 e. The highest BCUT2D eigenvalue weighted by Crippen LogP contribution is 2.32. The van der Waals surface area contributed by atoms with Crippen LogP contribution in [0.3, 0.4) is 0 Å². The van der Waals surface area contributed by atoms with Crippen LogP contribution in [0.5, 0.6) is 11.5 Å². The molecular formula is C24H19Cl3N2O5. The first-order valence-corrected chi connectivity index (χ1v) is 11.2. The molecular weight excluding hydrogens is 503 g/mol. The monoisotopic (exact) mass is 520 g/mol.